The Kier molecular flexibility index (Phi) is 6.28. The van der Waals surface area contributed by atoms with Crippen molar-refractivity contribution in [3.8, 4) is 0 Å². The monoisotopic (exact) mass is 440 g/mol. The van der Waals surface area contributed by atoms with Gasteiger partial charge in [0.05, 0.1) is 5.92 Å². The first-order chi connectivity index (χ1) is 14.9. The fraction of sp³-hybridized carbons (Fsp3) is 0.375. The van der Waals surface area contributed by atoms with Crippen LogP contribution in [0.25, 0.3) is 0 Å². The number of esters is 1. The van der Waals surface area contributed by atoms with Gasteiger partial charge in [-0.3, -0.25) is 14.4 Å². The highest BCUT2D eigenvalue weighted by Crippen LogP contribution is 2.32. The van der Waals surface area contributed by atoms with Gasteiger partial charge in [-0.05, 0) is 62.1 Å². The predicted octanol–water partition coefficient (Wildman–Crippen LogP) is 3.71. The van der Waals surface area contributed by atoms with Crippen LogP contribution in [0, 0.1) is 5.92 Å². The molecule has 2 amide bonds. The summed E-state index contributed by atoms with van der Waals surface area (Å²) < 4.78 is 5.36. The second-order valence-corrected chi connectivity index (χ2v) is 8.56. The number of halogens is 1. The van der Waals surface area contributed by atoms with Crippen molar-refractivity contribution in [3.63, 3.8) is 0 Å². The van der Waals surface area contributed by atoms with Crippen molar-refractivity contribution in [1.82, 2.24) is 4.90 Å². The van der Waals surface area contributed by atoms with Gasteiger partial charge in [0, 0.05) is 35.4 Å². The maximum Gasteiger partial charge on any atom is 0.309 e. The average Bonchev–Trinajstić information content (AvgIpc) is 3.13. The first kappa shape index (κ1) is 21.4. The molecule has 0 N–H and O–H groups in total. The molecule has 0 aromatic heterocycles. The molecule has 0 bridgehead atoms. The molecule has 0 spiro atoms. The van der Waals surface area contributed by atoms with Crippen molar-refractivity contribution in [3.05, 3.63) is 64.7 Å². The maximum absolute atomic E-state index is 12.7. The molecule has 0 aliphatic carbocycles. The third-order valence-corrected chi connectivity index (χ3v) is 6.27. The molecular formula is C24H25ClN2O4. The molecule has 2 aromatic carbocycles. The number of rotatable bonds is 4. The fourth-order valence-corrected chi connectivity index (χ4v) is 4.49. The SMILES string of the molecule is C[C@H]1Cc2ccccc2N1C(=O)COC(=O)C1CCN(C(=O)c2ccc(Cl)cc2)CC1. The van der Waals surface area contributed by atoms with Crippen LogP contribution in [0.2, 0.25) is 5.02 Å². The summed E-state index contributed by atoms with van der Waals surface area (Å²) >= 11 is 5.88. The molecule has 0 unspecified atom stereocenters. The van der Waals surface area contributed by atoms with Crippen LogP contribution in [0.3, 0.4) is 0 Å². The summed E-state index contributed by atoms with van der Waals surface area (Å²) in [5.41, 5.74) is 2.61. The van der Waals surface area contributed by atoms with Crippen molar-refractivity contribution in [1.29, 1.82) is 0 Å². The Balaban J connectivity index is 1.27. The van der Waals surface area contributed by atoms with Crippen LogP contribution in [0.1, 0.15) is 35.7 Å². The standard InChI is InChI=1S/C24H25ClN2O4/c1-16-14-19-4-2-3-5-21(19)27(16)22(28)15-31-24(30)18-10-12-26(13-11-18)23(29)17-6-8-20(25)9-7-17/h2-9,16,18H,10-15H2,1H3/t16-/m0/s1. The van der Waals surface area contributed by atoms with E-state index < -0.39 is 0 Å². The van der Waals surface area contributed by atoms with Gasteiger partial charge in [0.2, 0.25) is 0 Å². The summed E-state index contributed by atoms with van der Waals surface area (Å²) in [4.78, 5) is 41.3. The summed E-state index contributed by atoms with van der Waals surface area (Å²) in [6, 6.07) is 14.6. The van der Waals surface area contributed by atoms with Crippen LogP contribution >= 0.6 is 11.6 Å². The van der Waals surface area contributed by atoms with Crippen molar-refractivity contribution < 1.29 is 19.1 Å². The molecule has 31 heavy (non-hydrogen) atoms. The number of ether oxygens (including phenoxy) is 1. The van der Waals surface area contributed by atoms with Crippen LogP contribution in [-0.2, 0) is 20.7 Å². The number of nitrogens with zero attached hydrogens (tertiary/aromatic N) is 2. The van der Waals surface area contributed by atoms with Crippen LogP contribution in [0.5, 0.6) is 0 Å². The van der Waals surface area contributed by atoms with E-state index in [4.69, 9.17) is 16.3 Å². The van der Waals surface area contributed by atoms with Crippen LogP contribution < -0.4 is 4.90 Å². The van der Waals surface area contributed by atoms with Gasteiger partial charge in [0.15, 0.2) is 6.61 Å². The minimum absolute atomic E-state index is 0.0470. The Hall–Kier alpha value is -2.86. The number of piperidine rings is 1. The van der Waals surface area contributed by atoms with Gasteiger partial charge >= 0.3 is 5.97 Å². The molecule has 0 radical (unpaired) electrons. The molecule has 0 saturated carbocycles. The minimum atomic E-state index is -0.368. The summed E-state index contributed by atoms with van der Waals surface area (Å²) in [7, 11) is 0. The van der Waals surface area contributed by atoms with Crippen molar-refractivity contribution in [2.45, 2.75) is 32.2 Å². The van der Waals surface area contributed by atoms with E-state index in [-0.39, 0.29) is 36.4 Å². The molecule has 1 fully saturated rings. The van der Waals surface area contributed by atoms with E-state index in [9.17, 15) is 14.4 Å². The third kappa shape index (κ3) is 4.59. The van der Waals surface area contributed by atoms with Crippen molar-refractivity contribution in [2.75, 3.05) is 24.6 Å². The Morgan fingerprint density at radius 3 is 2.42 bits per heavy atom. The van der Waals surface area contributed by atoms with Gasteiger partial charge in [0.25, 0.3) is 11.8 Å². The van der Waals surface area contributed by atoms with Crippen molar-refractivity contribution in [2.24, 2.45) is 5.92 Å². The lowest BCUT2D eigenvalue weighted by Gasteiger charge is -2.31. The van der Waals surface area contributed by atoms with Gasteiger partial charge in [-0.25, -0.2) is 0 Å². The van der Waals surface area contributed by atoms with Crippen LogP contribution in [0.4, 0.5) is 5.69 Å². The minimum Gasteiger partial charge on any atom is -0.455 e. The van der Waals surface area contributed by atoms with E-state index in [1.807, 2.05) is 31.2 Å². The highest BCUT2D eigenvalue weighted by molar-refractivity contribution is 6.30. The van der Waals surface area contributed by atoms with E-state index in [1.54, 1.807) is 34.1 Å². The highest BCUT2D eigenvalue weighted by Gasteiger charge is 2.33. The number of hydrogen-bond donors (Lipinski definition) is 0. The topological polar surface area (TPSA) is 66.9 Å². The van der Waals surface area contributed by atoms with Gasteiger partial charge in [-0.1, -0.05) is 29.8 Å². The van der Waals surface area contributed by atoms with Gasteiger partial charge < -0.3 is 14.5 Å². The zero-order valence-electron chi connectivity index (χ0n) is 17.4. The van der Waals surface area contributed by atoms with E-state index in [2.05, 4.69) is 0 Å². The largest absolute Gasteiger partial charge is 0.455 e. The molecule has 1 saturated heterocycles. The number of likely N-dealkylation sites (tertiary alicyclic amines) is 1. The van der Waals surface area contributed by atoms with E-state index in [1.165, 1.54) is 0 Å². The molecule has 6 nitrogen and oxygen atoms in total. The number of fused-ring (bicyclic) bond motifs is 1. The Morgan fingerprint density at radius 1 is 1.03 bits per heavy atom. The molecule has 2 aromatic rings. The van der Waals surface area contributed by atoms with E-state index in [0.29, 0.717) is 36.5 Å². The highest BCUT2D eigenvalue weighted by atomic mass is 35.5. The number of hydrogen-bond acceptors (Lipinski definition) is 4. The van der Waals surface area contributed by atoms with Crippen LogP contribution in [-0.4, -0.2) is 48.4 Å². The number of amides is 2. The first-order valence-corrected chi connectivity index (χ1v) is 10.9. The van der Waals surface area contributed by atoms with Gasteiger partial charge in [0.1, 0.15) is 0 Å². The van der Waals surface area contributed by atoms with Gasteiger partial charge in [-0.2, -0.15) is 0 Å². The fourth-order valence-electron chi connectivity index (χ4n) is 4.36. The quantitative estimate of drug-likeness (QED) is 0.680. The summed E-state index contributed by atoms with van der Waals surface area (Å²) in [6.45, 7) is 2.69. The summed E-state index contributed by atoms with van der Waals surface area (Å²) in [6.07, 6.45) is 1.85. The van der Waals surface area contributed by atoms with Crippen molar-refractivity contribution >= 4 is 35.1 Å². The second-order valence-electron chi connectivity index (χ2n) is 8.13. The first-order valence-electron chi connectivity index (χ1n) is 10.6. The molecule has 2 aliphatic rings. The third-order valence-electron chi connectivity index (χ3n) is 6.02. The molecule has 2 heterocycles. The molecule has 7 heteroatoms. The van der Waals surface area contributed by atoms with Gasteiger partial charge in [-0.15, -0.1) is 0 Å². The maximum atomic E-state index is 12.7. The second kappa shape index (κ2) is 9.10. The molecular weight excluding hydrogens is 416 g/mol. The molecule has 1 atom stereocenters. The number of carbonyl (C=O) groups excluding carboxylic acids is 3. The lowest BCUT2D eigenvalue weighted by atomic mass is 9.96. The Labute approximate surface area is 186 Å². The number of benzene rings is 2. The van der Waals surface area contributed by atoms with E-state index >= 15 is 0 Å². The predicted molar refractivity (Wildman–Crippen MR) is 118 cm³/mol. The molecule has 4 rings (SSSR count). The number of carbonyl (C=O) groups is 3. The van der Waals surface area contributed by atoms with E-state index in [0.717, 1.165) is 17.7 Å². The smallest absolute Gasteiger partial charge is 0.309 e. The number of anilines is 1. The zero-order valence-corrected chi connectivity index (χ0v) is 18.2. The lowest BCUT2D eigenvalue weighted by molar-refractivity contribution is -0.153. The lowest BCUT2D eigenvalue weighted by Crippen LogP contribution is -2.42. The Morgan fingerprint density at radius 2 is 1.71 bits per heavy atom. The molecule has 162 valence electrons. The Bertz CT molecular complexity index is 983. The normalized spacial score (nSPS) is 18.6. The van der Waals surface area contributed by atoms with Crippen LogP contribution in [0.15, 0.2) is 48.5 Å². The summed E-state index contributed by atoms with van der Waals surface area (Å²) in [5, 5.41) is 0.583. The number of para-hydroxylation sites is 1. The summed E-state index contributed by atoms with van der Waals surface area (Å²) in [5.74, 6) is -0.945. The molecule has 2 aliphatic heterocycles. The zero-order chi connectivity index (χ0) is 22.0. The average molecular weight is 441 g/mol.